The molecule has 0 bridgehead atoms. The summed E-state index contributed by atoms with van der Waals surface area (Å²) in [6.45, 7) is 6.93. The number of ether oxygens (including phenoxy) is 2. The van der Waals surface area contributed by atoms with Gasteiger partial charge in [-0.25, -0.2) is 0 Å². The Labute approximate surface area is 146 Å². The highest BCUT2D eigenvalue weighted by atomic mass is 16.7. The number of aromatic nitrogens is 2. The Kier molecular flexibility index (Phi) is 4.28. The van der Waals surface area contributed by atoms with Crippen LogP contribution < -0.4 is 9.47 Å². The minimum atomic E-state index is 0.251. The second kappa shape index (κ2) is 6.72. The summed E-state index contributed by atoms with van der Waals surface area (Å²) < 4.78 is 16.2. The molecule has 2 aliphatic rings. The van der Waals surface area contributed by atoms with E-state index in [1.807, 2.05) is 24.3 Å². The molecule has 0 saturated carbocycles. The van der Waals surface area contributed by atoms with E-state index in [2.05, 4.69) is 40.7 Å². The Hall–Kier alpha value is -2.60. The molecule has 2 aliphatic heterocycles. The summed E-state index contributed by atoms with van der Waals surface area (Å²) in [5.74, 6) is 2.64. The molecule has 0 aliphatic carbocycles. The third kappa shape index (κ3) is 3.17. The third-order valence-electron chi connectivity index (χ3n) is 4.67. The summed E-state index contributed by atoms with van der Waals surface area (Å²) in [6.07, 6.45) is 8.38. The number of hydrogen-bond acceptors (Lipinski definition) is 6. The van der Waals surface area contributed by atoms with Crippen molar-refractivity contribution in [3.05, 3.63) is 48.9 Å². The van der Waals surface area contributed by atoms with Gasteiger partial charge in [0.15, 0.2) is 11.5 Å². The molecule has 0 amide bonds. The van der Waals surface area contributed by atoms with Gasteiger partial charge in [0.25, 0.3) is 0 Å². The quantitative estimate of drug-likeness (QED) is 0.776. The fourth-order valence-corrected chi connectivity index (χ4v) is 3.34. The molecule has 0 N–H and O–H groups in total. The topological polar surface area (TPSA) is 60.6 Å². The zero-order chi connectivity index (χ0) is 17.2. The molecule has 4 rings (SSSR count). The van der Waals surface area contributed by atoms with Gasteiger partial charge in [-0.1, -0.05) is 23.4 Å². The standard InChI is InChI=1S/C19H21N3O3/c1-3-5-15-7-4-6-13(2)22(15)11-18-20-19(21-25-18)14-8-9-16-17(10-14)24-12-23-16/h3-4,6,8-10,13,15H,1,5,7,11-12H2,2H3/t13-,15-/m1/s1. The van der Waals surface area contributed by atoms with Gasteiger partial charge in [-0.05, 0) is 38.0 Å². The summed E-state index contributed by atoms with van der Waals surface area (Å²) in [7, 11) is 0. The maximum absolute atomic E-state index is 5.49. The number of fused-ring (bicyclic) bond motifs is 1. The number of hydrogen-bond donors (Lipinski definition) is 0. The summed E-state index contributed by atoms with van der Waals surface area (Å²) in [5, 5.41) is 4.13. The molecule has 25 heavy (non-hydrogen) atoms. The van der Waals surface area contributed by atoms with E-state index in [1.54, 1.807) is 0 Å². The Morgan fingerprint density at radius 2 is 2.20 bits per heavy atom. The lowest BCUT2D eigenvalue weighted by Gasteiger charge is -2.36. The van der Waals surface area contributed by atoms with E-state index in [0.29, 0.717) is 36.1 Å². The van der Waals surface area contributed by atoms with E-state index in [0.717, 1.165) is 24.2 Å². The van der Waals surface area contributed by atoms with Crippen molar-refractivity contribution in [2.24, 2.45) is 0 Å². The minimum Gasteiger partial charge on any atom is -0.454 e. The minimum absolute atomic E-state index is 0.251. The molecule has 6 heteroatoms. The molecule has 3 heterocycles. The molecule has 0 saturated heterocycles. The highest BCUT2D eigenvalue weighted by Crippen LogP contribution is 2.35. The molecule has 130 valence electrons. The molecule has 6 nitrogen and oxygen atoms in total. The third-order valence-corrected chi connectivity index (χ3v) is 4.67. The van der Waals surface area contributed by atoms with Gasteiger partial charge in [0, 0.05) is 17.6 Å². The van der Waals surface area contributed by atoms with E-state index in [9.17, 15) is 0 Å². The lowest BCUT2D eigenvalue weighted by atomic mass is 10.0. The van der Waals surface area contributed by atoms with Crippen molar-refractivity contribution in [2.45, 2.75) is 38.4 Å². The molecule has 0 fully saturated rings. The van der Waals surface area contributed by atoms with Crippen LogP contribution in [0.4, 0.5) is 0 Å². The van der Waals surface area contributed by atoms with Crippen LogP contribution in [0.15, 0.2) is 47.5 Å². The van der Waals surface area contributed by atoms with Crippen molar-refractivity contribution in [1.29, 1.82) is 0 Å². The van der Waals surface area contributed by atoms with Crippen molar-refractivity contribution >= 4 is 0 Å². The molecule has 2 atom stereocenters. The van der Waals surface area contributed by atoms with Gasteiger partial charge in [0.1, 0.15) is 0 Å². The fraction of sp³-hybridized carbons (Fsp3) is 0.368. The van der Waals surface area contributed by atoms with Gasteiger partial charge in [-0.2, -0.15) is 4.98 Å². The van der Waals surface area contributed by atoms with E-state index >= 15 is 0 Å². The van der Waals surface area contributed by atoms with Crippen molar-refractivity contribution < 1.29 is 14.0 Å². The molecule has 1 aromatic heterocycles. The lowest BCUT2D eigenvalue weighted by Crippen LogP contribution is -2.42. The highest BCUT2D eigenvalue weighted by Gasteiger charge is 2.26. The Bertz CT molecular complexity index is 799. The maximum Gasteiger partial charge on any atom is 0.241 e. The molecular formula is C19H21N3O3. The van der Waals surface area contributed by atoms with E-state index in [-0.39, 0.29) is 6.79 Å². The van der Waals surface area contributed by atoms with Gasteiger partial charge in [-0.3, -0.25) is 4.90 Å². The highest BCUT2D eigenvalue weighted by molar-refractivity contribution is 5.61. The number of nitrogens with zero attached hydrogens (tertiary/aromatic N) is 3. The number of benzene rings is 1. The second-order valence-electron chi connectivity index (χ2n) is 6.33. The molecule has 2 aromatic rings. The Morgan fingerprint density at radius 1 is 1.32 bits per heavy atom. The van der Waals surface area contributed by atoms with Crippen LogP contribution in [0.25, 0.3) is 11.4 Å². The summed E-state index contributed by atoms with van der Waals surface area (Å²) in [6, 6.07) is 6.40. The molecular weight excluding hydrogens is 318 g/mol. The normalized spacial score (nSPS) is 22.3. The zero-order valence-corrected chi connectivity index (χ0v) is 14.2. The van der Waals surface area contributed by atoms with Gasteiger partial charge in [-0.15, -0.1) is 6.58 Å². The zero-order valence-electron chi connectivity index (χ0n) is 14.2. The van der Waals surface area contributed by atoms with Gasteiger partial charge < -0.3 is 14.0 Å². The summed E-state index contributed by atoms with van der Waals surface area (Å²) in [5.41, 5.74) is 0.855. The monoisotopic (exact) mass is 339 g/mol. The first-order valence-corrected chi connectivity index (χ1v) is 8.50. The van der Waals surface area contributed by atoms with E-state index < -0.39 is 0 Å². The predicted octanol–water partition coefficient (Wildman–Crippen LogP) is 3.56. The Balaban J connectivity index is 1.53. The average molecular weight is 339 g/mol. The molecule has 1 aromatic carbocycles. The summed E-state index contributed by atoms with van der Waals surface area (Å²) in [4.78, 5) is 6.94. The van der Waals surface area contributed by atoms with Crippen LogP contribution >= 0.6 is 0 Å². The van der Waals surface area contributed by atoms with Crippen molar-refractivity contribution in [2.75, 3.05) is 6.79 Å². The second-order valence-corrected chi connectivity index (χ2v) is 6.33. The van der Waals surface area contributed by atoms with Crippen LogP contribution in [-0.2, 0) is 6.54 Å². The SMILES string of the molecule is C=CC[C@@H]1CC=C[C@@H](C)N1Cc1nc(-c2ccc3c(c2)OCO3)no1. The largest absolute Gasteiger partial charge is 0.454 e. The van der Waals surface area contributed by atoms with Crippen LogP contribution in [0.5, 0.6) is 11.5 Å². The Morgan fingerprint density at radius 3 is 3.08 bits per heavy atom. The molecule has 0 radical (unpaired) electrons. The maximum atomic E-state index is 5.49. The van der Waals surface area contributed by atoms with Gasteiger partial charge >= 0.3 is 0 Å². The number of rotatable bonds is 5. The first-order valence-electron chi connectivity index (χ1n) is 8.50. The average Bonchev–Trinajstić information content (AvgIpc) is 3.26. The molecule has 0 spiro atoms. The summed E-state index contributed by atoms with van der Waals surface area (Å²) >= 11 is 0. The first-order chi connectivity index (χ1) is 12.2. The predicted molar refractivity (Wildman–Crippen MR) is 93.2 cm³/mol. The van der Waals surface area contributed by atoms with Crippen molar-refractivity contribution in [3.8, 4) is 22.9 Å². The first kappa shape index (κ1) is 15.9. The van der Waals surface area contributed by atoms with E-state index in [1.165, 1.54) is 0 Å². The van der Waals surface area contributed by atoms with Crippen molar-refractivity contribution in [3.63, 3.8) is 0 Å². The van der Waals surface area contributed by atoms with Crippen LogP contribution in [0.1, 0.15) is 25.7 Å². The van der Waals surface area contributed by atoms with E-state index in [4.69, 9.17) is 14.0 Å². The van der Waals surface area contributed by atoms with Gasteiger partial charge in [0.05, 0.1) is 6.54 Å². The van der Waals surface area contributed by atoms with Crippen LogP contribution in [0.3, 0.4) is 0 Å². The fourth-order valence-electron chi connectivity index (χ4n) is 3.34. The van der Waals surface area contributed by atoms with Crippen LogP contribution in [0, 0.1) is 0 Å². The van der Waals surface area contributed by atoms with Gasteiger partial charge in [0.2, 0.25) is 18.5 Å². The lowest BCUT2D eigenvalue weighted by molar-refractivity contribution is 0.132. The van der Waals surface area contributed by atoms with Crippen molar-refractivity contribution in [1.82, 2.24) is 15.0 Å². The smallest absolute Gasteiger partial charge is 0.241 e. The van der Waals surface area contributed by atoms with Crippen LogP contribution in [-0.4, -0.2) is 33.9 Å². The van der Waals surface area contributed by atoms with Crippen LogP contribution in [0.2, 0.25) is 0 Å². The molecule has 0 unspecified atom stereocenters.